The molecule has 0 aliphatic carbocycles. The van der Waals surface area contributed by atoms with Crippen LogP contribution in [0.2, 0.25) is 5.02 Å². The number of fused-ring (bicyclic) bond motifs is 1. The van der Waals surface area contributed by atoms with E-state index in [2.05, 4.69) is 9.97 Å². The lowest BCUT2D eigenvalue weighted by molar-refractivity contribution is 0.260. The summed E-state index contributed by atoms with van der Waals surface area (Å²) in [7, 11) is 3.44. The predicted octanol–water partition coefficient (Wildman–Crippen LogP) is 5.62. The Morgan fingerprint density at radius 1 is 1.09 bits per heavy atom. The predicted molar refractivity (Wildman–Crippen MR) is 131 cm³/mol. The van der Waals surface area contributed by atoms with Crippen LogP contribution in [0.4, 0.5) is 4.39 Å². The van der Waals surface area contributed by atoms with Crippen LogP contribution in [-0.2, 0) is 19.8 Å². The van der Waals surface area contributed by atoms with Crippen molar-refractivity contribution in [3.63, 3.8) is 0 Å². The van der Waals surface area contributed by atoms with Crippen molar-refractivity contribution in [1.29, 1.82) is 0 Å². The molecule has 4 heterocycles. The lowest BCUT2D eigenvalue weighted by Crippen LogP contribution is -2.28. The summed E-state index contributed by atoms with van der Waals surface area (Å²) >= 11 is 7.63. The molecule has 1 unspecified atom stereocenters. The van der Waals surface area contributed by atoms with Crippen LogP contribution in [-0.4, -0.2) is 19.1 Å². The highest BCUT2D eigenvalue weighted by Gasteiger charge is 2.41. The molecule has 33 heavy (non-hydrogen) atoms. The van der Waals surface area contributed by atoms with Crippen molar-refractivity contribution < 1.29 is 4.39 Å². The highest BCUT2D eigenvalue weighted by atomic mass is 35.5. The van der Waals surface area contributed by atoms with Gasteiger partial charge in [-0.25, -0.2) is 9.37 Å². The van der Waals surface area contributed by atoms with Gasteiger partial charge in [-0.2, -0.15) is 0 Å². The topological polar surface area (TPSA) is 52.7 Å². The van der Waals surface area contributed by atoms with Crippen molar-refractivity contribution in [2.75, 3.05) is 0 Å². The Morgan fingerprint density at radius 3 is 2.48 bits per heavy atom. The molecule has 0 saturated carbocycles. The maximum absolute atomic E-state index is 17.2. The minimum atomic E-state index is -2.08. The standard InChI is InChI=1S/C25H20ClFN4OS/c1-15-8-21(33-13-15)19-10-24(32)31(3)20-11-29-22(9-18(19)20)25(27,23-12-28-14-30(23)2)16-4-6-17(26)7-5-16/h4-14H,1-3H3. The Hall–Kier alpha value is -3.29. The van der Waals surface area contributed by atoms with Gasteiger partial charge in [0.25, 0.3) is 5.56 Å². The van der Waals surface area contributed by atoms with Crippen LogP contribution in [0.1, 0.15) is 22.5 Å². The van der Waals surface area contributed by atoms with Gasteiger partial charge < -0.3 is 9.13 Å². The van der Waals surface area contributed by atoms with Gasteiger partial charge >= 0.3 is 0 Å². The van der Waals surface area contributed by atoms with E-state index in [9.17, 15) is 4.79 Å². The quantitative estimate of drug-likeness (QED) is 0.337. The van der Waals surface area contributed by atoms with Gasteiger partial charge in [0.2, 0.25) is 5.67 Å². The summed E-state index contributed by atoms with van der Waals surface area (Å²) in [5.41, 5.74) is 1.21. The van der Waals surface area contributed by atoms with Crippen LogP contribution in [0.5, 0.6) is 0 Å². The van der Waals surface area contributed by atoms with Crippen LogP contribution in [0.3, 0.4) is 0 Å². The summed E-state index contributed by atoms with van der Waals surface area (Å²) in [6, 6.07) is 12.0. The number of rotatable bonds is 4. The first kappa shape index (κ1) is 21.6. The molecule has 8 heteroatoms. The molecule has 0 fully saturated rings. The van der Waals surface area contributed by atoms with E-state index in [4.69, 9.17) is 11.6 Å². The summed E-state index contributed by atoms with van der Waals surface area (Å²) in [6.45, 7) is 2.01. The van der Waals surface area contributed by atoms with Crippen LogP contribution in [0.15, 0.2) is 71.4 Å². The average Bonchev–Trinajstić information content (AvgIpc) is 3.44. The third-order valence-corrected chi connectivity index (χ3v) is 7.23. The molecule has 4 aromatic heterocycles. The summed E-state index contributed by atoms with van der Waals surface area (Å²) in [5.74, 6) is 0. The highest BCUT2D eigenvalue weighted by molar-refractivity contribution is 7.13. The average molecular weight is 479 g/mol. The molecular formula is C25H20ClFN4OS. The zero-order valence-corrected chi connectivity index (χ0v) is 19.8. The molecule has 0 aliphatic rings. The molecule has 1 aromatic carbocycles. The van der Waals surface area contributed by atoms with Crippen molar-refractivity contribution in [2.24, 2.45) is 14.1 Å². The van der Waals surface area contributed by atoms with Crippen molar-refractivity contribution in [3.05, 3.63) is 104 Å². The van der Waals surface area contributed by atoms with Gasteiger partial charge in [0, 0.05) is 46.6 Å². The Labute approximate surface area is 198 Å². The first-order valence-corrected chi connectivity index (χ1v) is 11.5. The molecule has 0 N–H and O–H groups in total. The molecule has 166 valence electrons. The fraction of sp³-hybridized carbons (Fsp3) is 0.160. The van der Waals surface area contributed by atoms with Gasteiger partial charge in [0.15, 0.2) is 0 Å². The number of benzene rings is 1. The number of imidazole rings is 1. The number of alkyl halides is 1. The molecule has 0 bridgehead atoms. The van der Waals surface area contributed by atoms with Gasteiger partial charge in [-0.3, -0.25) is 9.78 Å². The summed E-state index contributed by atoms with van der Waals surface area (Å²) in [5, 5.41) is 3.30. The van der Waals surface area contributed by atoms with Gasteiger partial charge in [-0.15, -0.1) is 11.3 Å². The van der Waals surface area contributed by atoms with E-state index in [1.807, 2.05) is 18.4 Å². The zero-order valence-electron chi connectivity index (χ0n) is 18.2. The molecule has 5 aromatic rings. The van der Waals surface area contributed by atoms with Gasteiger partial charge in [-0.1, -0.05) is 23.7 Å². The maximum Gasteiger partial charge on any atom is 0.251 e. The van der Waals surface area contributed by atoms with Gasteiger partial charge in [0.1, 0.15) is 0 Å². The lowest BCUT2D eigenvalue weighted by atomic mass is 9.87. The zero-order chi connectivity index (χ0) is 23.3. The summed E-state index contributed by atoms with van der Waals surface area (Å²) in [4.78, 5) is 22.2. The highest BCUT2D eigenvalue weighted by Crippen LogP contribution is 2.41. The minimum absolute atomic E-state index is 0.144. The number of halogens is 2. The van der Waals surface area contributed by atoms with E-state index in [-0.39, 0.29) is 11.3 Å². The number of nitrogens with zero attached hydrogens (tertiary/aromatic N) is 4. The Kier molecular flexibility index (Phi) is 5.18. The number of hydrogen-bond acceptors (Lipinski definition) is 4. The summed E-state index contributed by atoms with van der Waals surface area (Å²) < 4.78 is 20.4. The van der Waals surface area contributed by atoms with E-state index in [1.54, 1.807) is 78.9 Å². The fourth-order valence-corrected chi connectivity index (χ4v) is 5.17. The minimum Gasteiger partial charge on any atom is -0.334 e. The Bertz CT molecular complexity index is 1550. The Morgan fingerprint density at radius 2 is 1.85 bits per heavy atom. The van der Waals surface area contributed by atoms with Crippen molar-refractivity contribution in [1.82, 2.24) is 19.1 Å². The number of aryl methyl sites for hydroxylation is 3. The van der Waals surface area contributed by atoms with Crippen LogP contribution < -0.4 is 5.56 Å². The third-order valence-electron chi connectivity index (χ3n) is 5.89. The Balaban J connectivity index is 1.83. The second-order valence-corrected chi connectivity index (χ2v) is 9.43. The molecule has 5 nitrogen and oxygen atoms in total. The lowest BCUT2D eigenvalue weighted by Gasteiger charge is -2.26. The van der Waals surface area contributed by atoms with Crippen molar-refractivity contribution >= 4 is 33.8 Å². The maximum atomic E-state index is 17.2. The second kappa shape index (κ2) is 7.93. The normalized spacial score (nSPS) is 13.4. The van der Waals surface area contributed by atoms with Crippen LogP contribution in [0.25, 0.3) is 21.3 Å². The number of aromatic nitrogens is 4. The number of thiophene rings is 1. The smallest absolute Gasteiger partial charge is 0.251 e. The molecule has 5 rings (SSSR count). The molecule has 0 radical (unpaired) electrons. The van der Waals surface area contributed by atoms with E-state index in [0.29, 0.717) is 21.8 Å². The third kappa shape index (κ3) is 3.48. The second-order valence-electron chi connectivity index (χ2n) is 8.09. The SMILES string of the molecule is Cc1csc(-c2cc(=O)n(C)c3cnc(C(F)(c4ccc(Cl)cc4)c4cncn4C)cc23)c1. The molecular weight excluding hydrogens is 459 g/mol. The molecule has 1 atom stereocenters. The van der Waals surface area contributed by atoms with Crippen molar-refractivity contribution in [2.45, 2.75) is 12.6 Å². The van der Waals surface area contributed by atoms with E-state index >= 15 is 4.39 Å². The molecule has 0 amide bonds. The fourth-order valence-electron chi connectivity index (χ4n) is 4.11. The number of hydrogen-bond donors (Lipinski definition) is 0. The first-order chi connectivity index (χ1) is 15.8. The van der Waals surface area contributed by atoms with E-state index in [1.165, 1.54) is 10.8 Å². The van der Waals surface area contributed by atoms with E-state index < -0.39 is 5.67 Å². The summed E-state index contributed by atoms with van der Waals surface area (Å²) in [6.07, 6.45) is 4.63. The monoisotopic (exact) mass is 478 g/mol. The molecule has 0 aliphatic heterocycles. The first-order valence-electron chi connectivity index (χ1n) is 10.3. The van der Waals surface area contributed by atoms with Crippen molar-refractivity contribution in [3.8, 4) is 10.4 Å². The van der Waals surface area contributed by atoms with Gasteiger partial charge in [0.05, 0.1) is 35.6 Å². The molecule has 0 spiro atoms. The van der Waals surface area contributed by atoms with Gasteiger partial charge in [-0.05, 0) is 42.1 Å². The number of pyridine rings is 2. The molecule has 0 saturated heterocycles. The van der Waals surface area contributed by atoms with Crippen LogP contribution in [0, 0.1) is 6.92 Å². The van der Waals surface area contributed by atoms with E-state index in [0.717, 1.165) is 21.4 Å². The van der Waals surface area contributed by atoms with Crippen LogP contribution >= 0.6 is 22.9 Å². The largest absolute Gasteiger partial charge is 0.334 e.